The first kappa shape index (κ1) is 21.2. The Kier molecular flexibility index (Phi) is 6.83. The smallest absolute Gasteiger partial charge is 0.306 e. The molecule has 0 aliphatic carbocycles. The molecule has 0 bridgehead atoms. The Hall–Kier alpha value is -2.13. The number of hydrogen-bond acceptors (Lipinski definition) is 7. The highest BCUT2D eigenvalue weighted by atomic mass is 32.2. The van der Waals surface area contributed by atoms with Gasteiger partial charge in [0.1, 0.15) is 13.2 Å². The molecule has 0 radical (unpaired) electrons. The highest BCUT2D eigenvalue weighted by molar-refractivity contribution is 7.89. The Balaban J connectivity index is 1.77. The van der Waals surface area contributed by atoms with E-state index in [-0.39, 0.29) is 36.7 Å². The molecule has 0 atom stereocenters. The number of rotatable bonds is 8. The highest BCUT2D eigenvalue weighted by Gasteiger charge is 2.22. The van der Waals surface area contributed by atoms with E-state index in [0.717, 1.165) is 0 Å². The monoisotopic (exact) mass is 399 g/mol. The predicted octanol–water partition coefficient (Wildman–Crippen LogP) is 1.67. The van der Waals surface area contributed by atoms with Crippen molar-refractivity contribution in [2.24, 2.45) is 5.41 Å². The molecule has 0 fully saturated rings. The second-order valence-electron chi connectivity index (χ2n) is 7.14. The molecule has 0 amide bonds. The van der Waals surface area contributed by atoms with Crippen LogP contribution in [0.25, 0.3) is 0 Å². The fourth-order valence-corrected chi connectivity index (χ4v) is 3.24. The van der Waals surface area contributed by atoms with E-state index in [9.17, 15) is 18.0 Å². The molecule has 9 heteroatoms. The molecule has 1 aliphatic heterocycles. The van der Waals surface area contributed by atoms with Crippen molar-refractivity contribution >= 4 is 21.8 Å². The molecular formula is C18H25NO7S. The summed E-state index contributed by atoms with van der Waals surface area (Å²) in [6.45, 7) is 5.82. The Bertz CT molecular complexity index is 796. The number of carbonyl (C=O) groups is 2. The molecule has 1 aromatic rings. The molecule has 0 saturated heterocycles. The van der Waals surface area contributed by atoms with Crippen molar-refractivity contribution in [2.75, 3.05) is 26.4 Å². The van der Waals surface area contributed by atoms with E-state index >= 15 is 0 Å². The lowest BCUT2D eigenvalue weighted by atomic mass is 9.91. The maximum absolute atomic E-state index is 12.3. The van der Waals surface area contributed by atoms with Gasteiger partial charge in [-0.15, -0.1) is 0 Å². The van der Waals surface area contributed by atoms with Gasteiger partial charge in [0, 0.05) is 24.4 Å². The van der Waals surface area contributed by atoms with Crippen LogP contribution in [0.4, 0.5) is 0 Å². The van der Waals surface area contributed by atoms with Gasteiger partial charge in [-0.1, -0.05) is 20.8 Å². The summed E-state index contributed by atoms with van der Waals surface area (Å²) in [5.41, 5.74) is -0.570. The van der Waals surface area contributed by atoms with Gasteiger partial charge in [-0.2, -0.15) is 0 Å². The summed E-state index contributed by atoms with van der Waals surface area (Å²) in [7, 11) is -3.73. The normalized spacial score (nSPS) is 13.9. The van der Waals surface area contributed by atoms with E-state index in [1.54, 1.807) is 26.8 Å². The second kappa shape index (κ2) is 8.71. The molecule has 1 aromatic carbocycles. The van der Waals surface area contributed by atoms with E-state index in [4.69, 9.17) is 14.2 Å². The van der Waals surface area contributed by atoms with Crippen molar-refractivity contribution in [2.45, 2.75) is 38.5 Å². The zero-order chi connectivity index (χ0) is 20.1. The summed E-state index contributed by atoms with van der Waals surface area (Å²) >= 11 is 0. The average Bonchev–Trinajstić information content (AvgIpc) is 2.62. The fraction of sp³-hybridized carbons (Fsp3) is 0.556. The minimum absolute atomic E-state index is 0.0150. The maximum Gasteiger partial charge on any atom is 0.306 e. The number of ether oxygens (including phenoxy) is 3. The van der Waals surface area contributed by atoms with Crippen LogP contribution in [0.5, 0.6) is 11.5 Å². The molecule has 1 N–H and O–H groups in total. The van der Waals surface area contributed by atoms with Gasteiger partial charge >= 0.3 is 5.97 Å². The first-order valence-electron chi connectivity index (χ1n) is 8.68. The molecule has 150 valence electrons. The number of nitrogens with one attached hydrogen (secondary N) is 1. The van der Waals surface area contributed by atoms with E-state index in [2.05, 4.69) is 4.72 Å². The van der Waals surface area contributed by atoms with Crippen LogP contribution < -0.4 is 14.2 Å². The first-order chi connectivity index (χ1) is 12.6. The van der Waals surface area contributed by atoms with Crippen molar-refractivity contribution in [3.63, 3.8) is 0 Å². The standard InChI is InChI=1S/C18H25NO7S/c1-18(2,3)16(20)12-26-17(21)5-4-8-19-27(22,23)13-6-7-14-15(11-13)25-10-9-24-14/h6-7,11,19H,4-5,8-10,12H2,1-3H3. The minimum atomic E-state index is -3.73. The molecular weight excluding hydrogens is 374 g/mol. The lowest BCUT2D eigenvalue weighted by Crippen LogP contribution is -2.27. The lowest BCUT2D eigenvalue weighted by Gasteiger charge is -2.19. The van der Waals surface area contributed by atoms with Gasteiger partial charge in [-0.3, -0.25) is 9.59 Å². The Labute approximate surface area is 159 Å². The third kappa shape index (κ3) is 6.21. The van der Waals surface area contributed by atoms with Crippen molar-refractivity contribution in [1.82, 2.24) is 4.72 Å². The Morgan fingerprint density at radius 2 is 1.81 bits per heavy atom. The summed E-state index contributed by atoms with van der Waals surface area (Å²) in [6, 6.07) is 4.39. The van der Waals surface area contributed by atoms with Crippen LogP contribution in [0, 0.1) is 5.41 Å². The zero-order valence-electron chi connectivity index (χ0n) is 15.7. The van der Waals surface area contributed by atoms with Gasteiger partial charge in [0.05, 0.1) is 4.90 Å². The third-order valence-electron chi connectivity index (χ3n) is 3.87. The molecule has 1 heterocycles. The first-order valence-corrected chi connectivity index (χ1v) is 10.2. The number of Topliss-reactive ketones (excluding diaryl/α,β-unsaturated/α-hetero) is 1. The maximum atomic E-state index is 12.3. The van der Waals surface area contributed by atoms with Crippen LogP contribution in [0.15, 0.2) is 23.1 Å². The Morgan fingerprint density at radius 3 is 2.48 bits per heavy atom. The number of esters is 1. The van der Waals surface area contributed by atoms with E-state index in [0.29, 0.717) is 24.7 Å². The molecule has 0 aromatic heterocycles. The number of benzene rings is 1. The molecule has 2 rings (SSSR count). The van der Waals surface area contributed by atoms with Gasteiger partial charge in [0.25, 0.3) is 0 Å². The van der Waals surface area contributed by atoms with Gasteiger partial charge in [0.15, 0.2) is 23.9 Å². The van der Waals surface area contributed by atoms with Crippen molar-refractivity contribution in [3.8, 4) is 11.5 Å². The molecule has 0 unspecified atom stereocenters. The van der Waals surface area contributed by atoms with Gasteiger partial charge in [-0.25, -0.2) is 13.1 Å². The summed E-state index contributed by atoms with van der Waals surface area (Å²) in [5.74, 6) is 0.185. The summed E-state index contributed by atoms with van der Waals surface area (Å²) in [6.07, 6.45) is 0.271. The average molecular weight is 399 g/mol. The lowest BCUT2D eigenvalue weighted by molar-refractivity contribution is -0.150. The number of carbonyl (C=O) groups excluding carboxylic acids is 2. The number of sulfonamides is 1. The third-order valence-corrected chi connectivity index (χ3v) is 5.33. The summed E-state index contributed by atoms with van der Waals surface area (Å²) in [5, 5.41) is 0. The van der Waals surface area contributed by atoms with Crippen LogP contribution in [-0.4, -0.2) is 46.5 Å². The number of hydrogen-bond donors (Lipinski definition) is 1. The van der Waals surface area contributed by atoms with Crippen LogP contribution in [0.3, 0.4) is 0 Å². The van der Waals surface area contributed by atoms with E-state index in [1.165, 1.54) is 12.1 Å². The largest absolute Gasteiger partial charge is 0.486 e. The van der Waals surface area contributed by atoms with Crippen LogP contribution in [-0.2, 0) is 24.3 Å². The summed E-state index contributed by atoms with van der Waals surface area (Å²) in [4.78, 5) is 23.4. The van der Waals surface area contributed by atoms with Crippen LogP contribution in [0.2, 0.25) is 0 Å². The van der Waals surface area contributed by atoms with Crippen LogP contribution >= 0.6 is 0 Å². The molecule has 1 aliphatic rings. The fourth-order valence-electron chi connectivity index (χ4n) is 2.15. The molecule has 8 nitrogen and oxygen atoms in total. The number of fused-ring (bicyclic) bond motifs is 1. The van der Waals surface area contributed by atoms with Gasteiger partial charge in [-0.05, 0) is 18.6 Å². The second-order valence-corrected chi connectivity index (χ2v) is 8.91. The van der Waals surface area contributed by atoms with Gasteiger partial charge < -0.3 is 14.2 Å². The topological polar surface area (TPSA) is 108 Å². The molecule has 0 saturated carbocycles. The predicted molar refractivity (Wildman–Crippen MR) is 97.3 cm³/mol. The van der Waals surface area contributed by atoms with Crippen LogP contribution in [0.1, 0.15) is 33.6 Å². The van der Waals surface area contributed by atoms with Crippen molar-refractivity contribution < 1.29 is 32.2 Å². The number of ketones is 1. The van der Waals surface area contributed by atoms with E-state index in [1.807, 2.05) is 0 Å². The minimum Gasteiger partial charge on any atom is -0.486 e. The zero-order valence-corrected chi connectivity index (χ0v) is 16.6. The summed E-state index contributed by atoms with van der Waals surface area (Å²) < 4.78 is 42.7. The van der Waals surface area contributed by atoms with E-state index < -0.39 is 21.4 Å². The van der Waals surface area contributed by atoms with Crippen molar-refractivity contribution in [3.05, 3.63) is 18.2 Å². The quantitative estimate of drug-likeness (QED) is 0.523. The molecule has 0 spiro atoms. The van der Waals surface area contributed by atoms with Crippen molar-refractivity contribution in [1.29, 1.82) is 0 Å². The van der Waals surface area contributed by atoms with Gasteiger partial charge in [0.2, 0.25) is 10.0 Å². The highest BCUT2D eigenvalue weighted by Crippen LogP contribution is 2.32. The SMILES string of the molecule is CC(C)(C)C(=O)COC(=O)CCCNS(=O)(=O)c1ccc2c(c1)OCCO2. The Morgan fingerprint density at radius 1 is 1.15 bits per heavy atom. The molecule has 27 heavy (non-hydrogen) atoms.